The molecule has 5 heteroatoms. The van der Waals surface area contributed by atoms with Gasteiger partial charge in [0.25, 0.3) is 0 Å². The Morgan fingerprint density at radius 2 is 1.95 bits per heavy atom. The van der Waals surface area contributed by atoms with E-state index in [2.05, 4.69) is 21.2 Å². The second-order valence-electron chi connectivity index (χ2n) is 5.11. The molecule has 0 bridgehead atoms. The number of anilines is 1. The van der Waals surface area contributed by atoms with E-state index in [0.717, 1.165) is 16.5 Å². The molecule has 0 radical (unpaired) electrons. The average molecular weight is 369 g/mol. The van der Waals surface area contributed by atoms with E-state index in [0.29, 0.717) is 5.02 Å². The summed E-state index contributed by atoms with van der Waals surface area (Å²) in [7, 11) is 0. The van der Waals surface area contributed by atoms with Crippen molar-refractivity contribution in [3.63, 3.8) is 0 Å². The van der Waals surface area contributed by atoms with Crippen molar-refractivity contribution in [1.82, 2.24) is 0 Å². The minimum Gasteiger partial charge on any atom is -0.323 e. The summed E-state index contributed by atoms with van der Waals surface area (Å²) in [5.74, 6) is -0.546. The van der Waals surface area contributed by atoms with Gasteiger partial charge in [0.15, 0.2) is 0 Å². The van der Waals surface area contributed by atoms with Crippen molar-refractivity contribution >= 4 is 39.1 Å². The normalized spacial score (nSPS) is 20.1. The van der Waals surface area contributed by atoms with E-state index in [-0.39, 0.29) is 23.4 Å². The zero-order chi connectivity index (χ0) is 15.0. The Kier molecular flexibility index (Phi) is 4.00. The van der Waals surface area contributed by atoms with E-state index >= 15 is 0 Å². The molecule has 1 aliphatic rings. The Balaban J connectivity index is 1.66. The minimum atomic E-state index is -0.517. The Hall–Kier alpha value is -1.39. The lowest BCUT2D eigenvalue weighted by Gasteiger charge is -2.06. The molecule has 0 heterocycles. The molecule has 3 rings (SSSR count). The summed E-state index contributed by atoms with van der Waals surface area (Å²) in [5, 5.41) is 2.94. The number of benzene rings is 2. The van der Waals surface area contributed by atoms with Gasteiger partial charge in [0.05, 0.1) is 5.69 Å². The van der Waals surface area contributed by atoms with Gasteiger partial charge >= 0.3 is 0 Å². The highest BCUT2D eigenvalue weighted by Gasteiger charge is 2.44. The Bertz CT molecular complexity index is 689. The Morgan fingerprint density at radius 1 is 1.24 bits per heavy atom. The van der Waals surface area contributed by atoms with E-state index in [1.807, 2.05) is 24.3 Å². The van der Waals surface area contributed by atoms with Crippen LogP contribution in [0.4, 0.5) is 10.1 Å². The summed E-state index contributed by atoms with van der Waals surface area (Å²) in [6.45, 7) is 0. The quantitative estimate of drug-likeness (QED) is 0.813. The lowest BCUT2D eigenvalue weighted by molar-refractivity contribution is -0.117. The molecule has 0 saturated heterocycles. The fraction of sp³-hybridized carbons (Fsp3) is 0.188. The molecule has 1 aliphatic carbocycles. The van der Waals surface area contributed by atoms with Crippen molar-refractivity contribution in [2.75, 3.05) is 5.32 Å². The van der Waals surface area contributed by atoms with Crippen molar-refractivity contribution < 1.29 is 9.18 Å². The molecule has 0 aliphatic heterocycles. The van der Waals surface area contributed by atoms with Gasteiger partial charge in [-0.1, -0.05) is 39.7 Å². The maximum atomic E-state index is 13.7. The molecule has 0 spiro atoms. The maximum Gasteiger partial charge on any atom is 0.228 e. The first-order chi connectivity index (χ1) is 10.0. The van der Waals surface area contributed by atoms with Gasteiger partial charge < -0.3 is 5.32 Å². The number of amides is 1. The first-order valence-corrected chi connectivity index (χ1v) is 7.73. The molecule has 2 nitrogen and oxygen atoms in total. The topological polar surface area (TPSA) is 29.1 Å². The fourth-order valence-corrected chi connectivity index (χ4v) is 2.80. The molecule has 1 N–H and O–H groups in total. The summed E-state index contributed by atoms with van der Waals surface area (Å²) in [6.07, 6.45) is 0.794. The number of carbonyl (C=O) groups excluding carboxylic acids is 1. The van der Waals surface area contributed by atoms with Crippen molar-refractivity contribution in [3.8, 4) is 0 Å². The molecule has 1 saturated carbocycles. The number of hydrogen-bond acceptors (Lipinski definition) is 1. The molecule has 21 heavy (non-hydrogen) atoms. The van der Waals surface area contributed by atoms with E-state index in [4.69, 9.17) is 11.6 Å². The molecule has 1 amide bonds. The molecule has 0 aromatic heterocycles. The van der Waals surface area contributed by atoms with E-state index in [1.54, 1.807) is 6.07 Å². The summed E-state index contributed by atoms with van der Waals surface area (Å²) in [4.78, 5) is 12.1. The van der Waals surface area contributed by atoms with Crippen LogP contribution in [-0.4, -0.2) is 5.91 Å². The van der Waals surface area contributed by atoms with Crippen LogP contribution in [0.3, 0.4) is 0 Å². The van der Waals surface area contributed by atoms with Crippen LogP contribution in [0.1, 0.15) is 17.9 Å². The number of carbonyl (C=O) groups is 1. The van der Waals surface area contributed by atoms with Crippen LogP contribution in [0.15, 0.2) is 46.9 Å². The molecule has 2 atom stereocenters. The summed E-state index contributed by atoms with van der Waals surface area (Å²) in [5.41, 5.74) is 1.31. The van der Waals surface area contributed by atoms with Gasteiger partial charge in [-0.25, -0.2) is 4.39 Å². The van der Waals surface area contributed by atoms with Crippen LogP contribution in [-0.2, 0) is 4.79 Å². The van der Waals surface area contributed by atoms with Crippen molar-refractivity contribution in [1.29, 1.82) is 0 Å². The number of rotatable bonds is 3. The lowest BCUT2D eigenvalue weighted by atomic mass is 10.1. The zero-order valence-corrected chi connectivity index (χ0v) is 13.3. The Labute approximate surface area is 135 Å². The van der Waals surface area contributed by atoms with Gasteiger partial charge in [0.2, 0.25) is 5.91 Å². The lowest BCUT2D eigenvalue weighted by Crippen LogP contribution is -2.15. The van der Waals surface area contributed by atoms with Crippen LogP contribution in [0.2, 0.25) is 5.02 Å². The van der Waals surface area contributed by atoms with Crippen molar-refractivity contribution in [2.24, 2.45) is 5.92 Å². The zero-order valence-electron chi connectivity index (χ0n) is 10.9. The van der Waals surface area contributed by atoms with Crippen molar-refractivity contribution in [2.45, 2.75) is 12.3 Å². The summed E-state index contributed by atoms with van der Waals surface area (Å²) >= 11 is 9.07. The van der Waals surface area contributed by atoms with Gasteiger partial charge in [0.1, 0.15) is 5.82 Å². The molecular formula is C16H12BrClFNO. The van der Waals surface area contributed by atoms with E-state index in [1.165, 1.54) is 12.1 Å². The van der Waals surface area contributed by atoms with Crippen LogP contribution >= 0.6 is 27.5 Å². The van der Waals surface area contributed by atoms with Crippen LogP contribution in [0.5, 0.6) is 0 Å². The van der Waals surface area contributed by atoms with E-state index < -0.39 is 5.82 Å². The van der Waals surface area contributed by atoms with Gasteiger partial charge in [-0.2, -0.15) is 0 Å². The minimum absolute atomic E-state index is 0.0961. The van der Waals surface area contributed by atoms with Crippen LogP contribution in [0.25, 0.3) is 0 Å². The van der Waals surface area contributed by atoms with Gasteiger partial charge in [0, 0.05) is 15.4 Å². The van der Waals surface area contributed by atoms with E-state index in [9.17, 15) is 9.18 Å². The SMILES string of the molecule is O=C(Nc1ccc(Cl)cc1F)C1CC1c1ccc(Br)cc1. The monoisotopic (exact) mass is 367 g/mol. The van der Waals surface area contributed by atoms with Crippen LogP contribution < -0.4 is 5.32 Å². The maximum absolute atomic E-state index is 13.7. The third kappa shape index (κ3) is 3.27. The highest BCUT2D eigenvalue weighted by molar-refractivity contribution is 9.10. The van der Waals surface area contributed by atoms with Crippen LogP contribution in [0, 0.1) is 11.7 Å². The standard InChI is InChI=1S/C16H12BrClFNO/c17-10-3-1-9(2-4-10)12-8-13(12)16(21)20-15-6-5-11(18)7-14(15)19/h1-7,12-13H,8H2,(H,20,21). The predicted molar refractivity (Wildman–Crippen MR) is 85.0 cm³/mol. The number of hydrogen-bond donors (Lipinski definition) is 1. The molecule has 2 aromatic carbocycles. The molecular weight excluding hydrogens is 357 g/mol. The first kappa shape index (κ1) is 14.5. The molecule has 108 valence electrons. The summed E-state index contributed by atoms with van der Waals surface area (Å²) in [6, 6.07) is 12.2. The third-order valence-corrected chi connectivity index (χ3v) is 4.38. The third-order valence-electron chi connectivity index (χ3n) is 3.61. The highest BCUT2D eigenvalue weighted by atomic mass is 79.9. The predicted octanol–water partition coefficient (Wildman–Crippen LogP) is 4.98. The second-order valence-corrected chi connectivity index (χ2v) is 6.47. The Morgan fingerprint density at radius 3 is 2.62 bits per heavy atom. The molecule has 2 unspecified atom stereocenters. The van der Waals surface area contributed by atoms with Gasteiger partial charge in [-0.05, 0) is 48.2 Å². The van der Waals surface area contributed by atoms with Gasteiger partial charge in [-0.15, -0.1) is 0 Å². The second kappa shape index (κ2) is 5.78. The fourth-order valence-electron chi connectivity index (χ4n) is 2.38. The smallest absolute Gasteiger partial charge is 0.228 e. The molecule has 2 aromatic rings. The molecule has 1 fully saturated rings. The van der Waals surface area contributed by atoms with Crippen molar-refractivity contribution in [3.05, 3.63) is 63.3 Å². The summed E-state index contributed by atoms with van der Waals surface area (Å²) < 4.78 is 14.7. The number of nitrogens with one attached hydrogen (secondary N) is 1. The largest absolute Gasteiger partial charge is 0.323 e. The highest BCUT2D eigenvalue weighted by Crippen LogP contribution is 2.48. The van der Waals surface area contributed by atoms with Gasteiger partial charge in [-0.3, -0.25) is 4.79 Å². The average Bonchev–Trinajstić information content (AvgIpc) is 3.23. The number of halogens is 3. The first-order valence-electron chi connectivity index (χ1n) is 6.56.